The van der Waals surface area contributed by atoms with Crippen molar-refractivity contribution in [2.45, 2.75) is 0 Å². The van der Waals surface area contributed by atoms with E-state index in [-0.39, 0.29) is 5.91 Å². The van der Waals surface area contributed by atoms with Crippen molar-refractivity contribution in [2.75, 3.05) is 10.2 Å². The van der Waals surface area contributed by atoms with E-state index in [4.69, 9.17) is 0 Å². The molecule has 0 aliphatic carbocycles. The Labute approximate surface area is 120 Å². The summed E-state index contributed by atoms with van der Waals surface area (Å²) >= 11 is 3.27. The number of hydrogen-bond acceptors (Lipinski definition) is 1. The number of anilines is 2. The van der Waals surface area contributed by atoms with E-state index in [0.717, 1.165) is 22.5 Å². The molecular formula is C16H12BrNO. The van der Waals surface area contributed by atoms with Gasteiger partial charge in [0.25, 0.3) is 0 Å². The van der Waals surface area contributed by atoms with Crippen LogP contribution < -0.4 is 4.90 Å². The van der Waals surface area contributed by atoms with Crippen molar-refractivity contribution in [3.8, 4) is 0 Å². The van der Waals surface area contributed by atoms with Crippen molar-refractivity contribution in [3.63, 3.8) is 0 Å². The lowest BCUT2D eigenvalue weighted by molar-refractivity contribution is -0.115. The minimum atomic E-state index is 0.0311. The molecule has 0 unspecified atom stereocenters. The van der Waals surface area contributed by atoms with Crippen molar-refractivity contribution < 1.29 is 4.79 Å². The molecule has 0 saturated heterocycles. The molecule has 94 valence electrons. The molecule has 1 aliphatic rings. The highest BCUT2D eigenvalue weighted by atomic mass is 79.9. The van der Waals surface area contributed by atoms with E-state index in [2.05, 4.69) is 28.1 Å². The third kappa shape index (κ3) is 2.10. The van der Waals surface area contributed by atoms with E-state index in [1.165, 1.54) is 0 Å². The van der Waals surface area contributed by atoms with Gasteiger partial charge in [-0.1, -0.05) is 64.5 Å². The number of para-hydroxylation sites is 2. The summed E-state index contributed by atoms with van der Waals surface area (Å²) in [5.41, 5.74) is 3.95. The standard InChI is InChI=1S/C16H12BrNO/c17-11-16(19)18-14-7-3-1-5-12(14)9-10-13-6-2-4-8-15(13)18/h1-10H,11H2. The van der Waals surface area contributed by atoms with Gasteiger partial charge in [-0.05, 0) is 23.3 Å². The Morgan fingerprint density at radius 3 is 1.84 bits per heavy atom. The zero-order chi connectivity index (χ0) is 13.2. The van der Waals surface area contributed by atoms with Gasteiger partial charge in [-0.2, -0.15) is 0 Å². The SMILES string of the molecule is O=C(CBr)N1c2ccccc2C=Cc2ccccc21. The number of fused-ring (bicyclic) bond motifs is 2. The number of nitrogens with zero attached hydrogens (tertiary/aromatic N) is 1. The molecule has 1 heterocycles. The summed E-state index contributed by atoms with van der Waals surface area (Å²) in [5, 5.41) is 0.301. The van der Waals surface area contributed by atoms with E-state index in [0.29, 0.717) is 5.33 Å². The Bertz CT molecular complexity index is 614. The van der Waals surface area contributed by atoms with E-state index < -0.39 is 0 Å². The Morgan fingerprint density at radius 1 is 0.895 bits per heavy atom. The molecule has 1 amide bonds. The van der Waals surface area contributed by atoms with Crippen LogP contribution in [0.3, 0.4) is 0 Å². The molecule has 0 atom stereocenters. The molecule has 2 nitrogen and oxygen atoms in total. The topological polar surface area (TPSA) is 20.3 Å². The van der Waals surface area contributed by atoms with Gasteiger partial charge in [0, 0.05) is 0 Å². The molecule has 19 heavy (non-hydrogen) atoms. The fraction of sp³-hybridized carbons (Fsp3) is 0.0625. The molecule has 0 fully saturated rings. The first kappa shape index (κ1) is 12.2. The summed E-state index contributed by atoms with van der Waals surface area (Å²) < 4.78 is 0. The number of benzene rings is 2. The maximum Gasteiger partial charge on any atom is 0.242 e. The van der Waals surface area contributed by atoms with Crippen LogP contribution in [0.5, 0.6) is 0 Å². The molecule has 2 aromatic carbocycles. The molecule has 0 N–H and O–H groups in total. The van der Waals surface area contributed by atoms with E-state index in [9.17, 15) is 4.79 Å². The molecule has 1 aliphatic heterocycles. The second-order valence-electron chi connectivity index (χ2n) is 4.31. The second kappa shape index (κ2) is 5.02. The van der Waals surface area contributed by atoms with Crippen molar-refractivity contribution in [1.82, 2.24) is 0 Å². The number of halogens is 1. The molecule has 0 aromatic heterocycles. The van der Waals surface area contributed by atoms with Gasteiger partial charge in [0.05, 0.1) is 16.7 Å². The summed E-state index contributed by atoms with van der Waals surface area (Å²) in [4.78, 5) is 14.1. The monoisotopic (exact) mass is 313 g/mol. The van der Waals surface area contributed by atoms with Gasteiger partial charge in [0.2, 0.25) is 5.91 Å². The van der Waals surface area contributed by atoms with Crippen LogP contribution in [-0.4, -0.2) is 11.2 Å². The number of alkyl halides is 1. The molecule has 0 radical (unpaired) electrons. The second-order valence-corrected chi connectivity index (χ2v) is 4.87. The van der Waals surface area contributed by atoms with Gasteiger partial charge < -0.3 is 0 Å². The molecular weight excluding hydrogens is 302 g/mol. The lowest BCUT2D eigenvalue weighted by Crippen LogP contribution is -2.27. The maximum atomic E-state index is 12.3. The highest BCUT2D eigenvalue weighted by Gasteiger charge is 2.22. The van der Waals surface area contributed by atoms with Crippen LogP contribution in [0.1, 0.15) is 11.1 Å². The Balaban J connectivity index is 2.27. The molecule has 0 saturated carbocycles. The summed E-state index contributed by atoms with van der Waals surface area (Å²) in [7, 11) is 0. The summed E-state index contributed by atoms with van der Waals surface area (Å²) in [6, 6.07) is 15.9. The van der Waals surface area contributed by atoms with Crippen LogP contribution in [0.15, 0.2) is 48.5 Å². The van der Waals surface area contributed by atoms with Gasteiger partial charge in [-0.3, -0.25) is 9.69 Å². The van der Waals surface area contributed by atoms with Crippen LogP contribution >= 0.6 is 15.9 Å². The average molecular weight is 314 g/mol. The van der Waals surface area contributed by atoms with E-state index in [1.807, 2.05) is 48.5 Å². The first-order chi connectivity index (χ1) is 9.31. The van der Waals surface area contributed by atoms with Crippen molar-refractivity contribution in [2.24, 2.45) is 0 Å². The fourth-order valence-electron chi connectivity index (χ4n) is 2.30. The van der Waals surface area contributed by atoms with Crippen molar-refractivity contribution >= 4 is 45.4 Å². The Kier molecular flexibility index (Phi) is 3.22. The van der Waals surface area contributed by atoms with Crippen molar-refractivity contribution in [3.05, 3.63) is 59.7 Å². The predicted octanol–water partition coefficient (Wildman–Crippen LogP) is 4.23. The molecule has 2 aromatic rings. The number of carbonyl (C=O) groups excluding carboxylic acids is 1. The lowest BCUT2D eigenvalue weighted by Gasteiger charge is -2.24. The summed E-state index contributed by atoms with van der Waals surface area (Å²) in [6.07, 6.45) is 4.10. The largest absolute Gasteiger partial charge is 0.279 e. The molecule has 3 heteroatoms. The minimum Gasteiger partial charge on any atom is -0.279 e. The maximum absolute atomic E-state index is 12.3. The first-order valence-electron chi connectivity index (χ1n) is 6.06. The summed E-state index contributed by atoms with van der Waals surface area (Å²) in [6.45, 7) is 0. The molecule has 0 bridgehead atoms. The van der Waals surface area contributed by atoms with Crippen LogP contribution in [0.2, 0.25) is 0 Å². The van der Waals surface area contributed by atoms with Crippen LogP contribution in [0.25, 0.3) is 12.2 Å². The average Bonchev–Trinajstić information content (AvgIpc) is 2.63. The zero-order valence-electron chi connectivity index (χ0n) is 10.2. The van der Waals surface area contributed by atoms with Crippen LogP contribution in [0.4, 0.5) is 11.4 Å². The van der Waals surface area contributed by atoms with Crippen molar-refractivity contribution in [1.29, 1.82) is 0 Å². The number of hydrogen-bond donors (Lipinski definition) is 0. The highest BCUT2D eigenvalue weighted by molar-refractivity contribution is 9.09. The lowest BCUT2D eigenvalue weighted by atomic mass is 10.1. The Morgan fingerprint density at radius 2 is 1.37 bits per heavy atom. The first-order valence-corrected chi connectivity index (χ1v) is 7.18. The van der Waals surface area contributed by atoms with Gasteiger partial charge >= 0.3 is 0 Å². The zero-order valence-corrected chi connectivity index (χ0v) is 11.8. The normalized spacial score (nSPS) is 12.6. The number of carbonyl (C=O) groups is 1. The molecule has 3 rings (SSSR count). The third-order valence-corrected chi connectivity index (χ3v) is 3.64. The Hall–Kier alpha value is -1.87. The predicted molar refractivity (Wildman–Crippen MR) is 82.8 cm³/mol. The number of amides is 1. The van der Waals surface area contributed by atoms with Gasteiger partial charge in [0.1, 0.15) is 0 Å². The quantitative estimate of drug-likeness (QED) is 0.721. The van der Waals surface area contributed by atoms with E-state index >= 15 is 0 Å². The van der Waals surface area contributed by atoms with Gasteiger partial charge in [-0.15, -0.1) is 0 Å². The van der Waals surface area contributed by atoms with Gasteiger partial charge in [-0.25, -0.2) is 0 Å². The third-order valence-electron chi connectivity index (χ3n) is 3.16. The smallest absolute Gasteiger partial charge is 0.242 e. The summed E-state index contributed by atoms with van der Waals surface area (Å²) in [5.74, 6) is 0.0311. The van der Waals surface area contributed by atoms with Crippen LogP contribution in [0, 0.1) is 0 Å². The van der Waals surface area contributed by atoms with Crippen LogP contribution in [-0.2, 0) is 4.79 Å². The minimum absolute atomic E-state index is 0.0311. The fourth-order valence-corrected chi connectivity index (χ4v) is 2.55. The molecule has 0 spiro atoms. The highest BCUT2D eigenvalue weighted by Crippen LogP contribution is 2.36. The van der Waals surface area contributed by atoms with Gasteiger partial charge in [0.15, 0.2) is 0 Å². The van der Waals surface area contributed by atoms with E-state index in [1.54, 1.807) is 4.90 Å². The number of rotatable bonds is 1.